The molecule has 0 saturated carbocycles. The summed E-state index contributed by atoms with van der Waals surface area (Å²) in [5, 5.41) is 0. The van der Waals surface area contributed by atoms with E-state index < -0.39 is 0 Å². The first-order valence-corrected chi connectivity index (χ1v) is 21.4. The highest BCUT2D eigenvalue weighted by molar-refractivity contribution is 5.86. The second-order valence-electron chi connectivity index (χ2n) is 16.1. The lowest BCUT2D eigenvalue weighted by Crippen LogP contribution is -2.53. The van der Waals surface area contributed by atoms with Gasteiger partial charge in [-0.05, 0) is 106 Å². The van der Waals surface area contributed by atoms with Crippen LogP contribution >= 0.6 is 24.8 Å². The molecular weight excluding hydrogens is 675 g/mol. The van der Waals surface area contributed by atoms with Crippen LogP contribution in [0, 0.1) is 5.92 Å². The molecule has 1 aromatic carbocycles. The Labute approximate surface area is 325 Å². The summed E-state index contributed by atoms with van der Waals surface area (Å²) < 4.78 is 13.9. The number of aryl methyl sites for hydroxylation is 1. The fourth-order valence-corrected chi connectivity index (χ4v) is 9.28. The van der Waals surface area contributed by atoms with Gasteiger partial charge in [-0.15, -0.1) is 24.8 Å². The number of nitrogens with zero attached hydrogens (tertiary/aromatic N) is 2. The third kappa shape index (κ3) is 12.3. The monoisotopic (exact) mass is 749 g/mol. The molecule has 5 nitrogen and oxygen atoms in total. The van der Waals surface area contributed by atoms with Crippen molar-refractivity contribution in [2.24, 2.45) is 5.92 Å². The summed E-state index contributed by atoms with van der Waals surface area (Å²) in [6.45, 7) is 11.6. The molecule has 2 fully saturated rings. The van der Waals surface area contributed by atoms with Crippen LogP contribution in [-0.2, 0) is 11.2 Å². The topological polar surface area (TPSA) is 42.0 Å². The fourth-order valence-electron chi connectivity index (χ4n) is 9.28. The van der Waals surface area contributed by atoms with Gasteiger partial charge in [0.1, 0.15) is 17.1 Å². The Balaban J connectivity index is 0.00000351. The molecular formula is C44H74Cl2N2O3. The van der Waals surface area contributed by atoms with Crippen molar-refractivity contribution in [3.05, 3.63) is 29.0 Å². The molecule has 5 aliphatic heterocycles. The van der Waals surface area contributed by atoms with Gasteiger partial charge < -0.3 is 14.4 Å². The summed E-state index contributed by atoms with van der Waals surface area (Å²) in [6.07, 6.45) is 31.4. The van der Waals surface area contributed by atoms with E-state index in [0.717, 1.165) is 62.5 Å². The molecule has 5 heterocycles. The first-order valence-electron chi connectivity index (χ1n) is 21.4. The van der Waals surface area contributed by atoms with E-state index in [1.807, 2.05) is 0 Å². The Morgan fingerprint density at radius 2 is 1.27 bits per heavy atom. The van der Waals surface area contributed by atoms with E-state index in [9.17, 15) is 4.79 Å². The van der Waals surface area contributed by atoms with Gasteiger partial charge in [0, 0.05) is 13.1 Å². The van der Waals surface area contributed by atoms with E-state index in [0.29, 0.717) is 12.5 Å². The number of halogens is 2. The predicted molar refractivity (Wildman–Crippen MR) is 220 cm³/mol. The fraction of sp³-hybridized carbons (Fsp3) is 0.795. The van der Waals surface area contributed by atoms with Crippen molar-refractivity contribution in [1.29, 1.82) is 0 Å². The number of esters is 1. The van der Waals surface area contributed by atoms with E-state index in [4.69, 9.17) is 9.47 Å². The number of piperidine rings is 1. The maximum atomic E-state index is 13.7. The minimum absolute atomic E-state index is 0. The molecule has 0 amide bonds. The van der Waals surface area contributed by atoms with Gasteiger partial charge in [-0.25, -0.2) is 0 Å². The highest BCUT2D eigenvalue weighted by Crippen LogP contribution is 2.57. The van der Waals surface area contributed by atoms with E-state index in [-0.39, 0.29) is 36.4 Å². The molecule has 0 aromatic heterocycles. The summed E-state index contributed by atoms with van der Waals surface area (Å²) in [5.41, 5.74) is 5.02. The Kier molecular flexibility index (Phi) is 20.2. The Morgan fingerprint density at radius 3 is 1.84 bits per heavy atom. The summed E-state index contributed by atoms with van der Waals surface area (Å²) in [4.78, 5) is 18.6. The quantitative estimate of drug-likeness (QED) is 0.0671. The molecule has 2 saturated heterocycles. The summed E-state index contributed by atoms with van der Waals surface area (Å²) in [6, 6.07) is 4.59. The number of fused-ring (bicyclic) bond motifs is 3. The first-order chi connectivity index (χ1) is 24.1. The van der Waals surface area contributed by atoms with Crippen molar-refractivity contribution in [3.63, 3.8) is 0 Å². The third-order valence-corrected chi connectivity index (χ3v) is 12.1. The summed E-state index contributed by atoms with van der Waals surface area (Å²) >= 11 is 0. The maximum Gasteiger partial charge on any atom is 0.325 e. The van der Waals surface area contributed by atoms with Gasteiger partial charge in [-0.3, -0.25) is 9.69 Å². The second kappa shape index (κ2) is 23.4. The molecule has 2 bridgehead atoms. The standard InChI is InChI=1S/C44H72N2O3.2ClH/c1-4-7-10-11-12-13-14-15-16-17-18-21-24-36-33-38(48-40(47)35-45-29-22-19-20-23-30-45)42-39(34-36)49-44(27-8-5-2,28-9-6-3)43-41(42)37-25-31-46(43)32-26-37;;/h33-34,37H,4-32,35H2,1-3H3;2*1H. The Hall–Kier alpha value is -1.43. The SMILES string of the molecule is CCCCCCCCCCCCCCc1cc(OC(=O)CN2CCCCCC2)c2c(c1)OC(CCCC)(CCCC)C1=C2C2CCN1CC2.Cl.Cl. The zero-order valence-electron chi connectivity index (χ0n) is 32.9. The van der Waals surface area contributed by atoms with E-state index >= 15 is 0 Å². The maximum absolute atomic E-state index is 13.7. The molecule has 0 atom stereocenters. The van der Waals surface area contributed by atoms with Crippen molar-refractivity contribution >= 4 is 36.4 Å². The van der Waals surface area contributed by atoms with Crippen LogP contribution in [0.25, 0.3) is 5.57 Å². The van der Waals surface area contributed by atoms with Crippen molar-refractivity contribution in [3.8, 4) is 11.5 Å². The average molecular weight is 750 g/mol. The van der Waals surface area contributed by atoms with Crippen LogP contribution in [-0.4, -0.2) is 54.1 Å². The molecule has 0 aliphatic carbocycles. The van der Waals surface area contributed by atoms with Gasteiger partial charge >= 0.3 is 5.97 Å². The normalized spacial score (nSPS) is 18.3. The molecule has 0 radical (unpaired) electrons. The zero-order valence-corrected chi connectivity index (χ0v) is 34.5. The van der Waals surface area contributed by atoms with Gasteiger partial charge in [-0.1, -0.05) is 117 Å². The van der Waals surface area contributed by atoms with Crippen molar-refractivity contribution in [1.82, 2.24) is 9.80 Å². The van der Waals surface area contributed by atoms with Gasteiger partial charge in [0.25, 0.3) is 0 Å². The number of carbonyl (C=O) groups is 1. The molecule has 292 valence electrons. The largest absolute Gasteiger partial charge is 0.480 e. The van der Waals surface area contributed by atoms with Crippen LogP contribution in [0.5, 0.6) is 11.5 Å². The molecule has 0 spiro atoms. The van der Waals surface area contributed by atoms with Gasteiger partial charge in [0.15, 0.2) is 0 Å². The lowest BCUT2D eigenvalue weighted by atomic mass is 9.70. The van der Waals surface area contributed by atoms with E-state index in [1.165, 1.54) is 158 Å². The van der Waals surface area contributed by atoms with Gasteiger partial charge in [-0.2, -0.15) is 0 Å². The lowest BCUT2D eigenvalue weighted by Gasteiger charge is -2.54. The number of rotatable bonds is 22. The number of hydrogen-bond acceptors (Lipinski definition) is 5. The summed E-state index contributed by atoms with van der Waals surface area (Å²) in [5.74, 6) is 2.18. The third-order valence-electron chi connectivity index (χ3n) is 12.1. The van der Waals surface area contributed by atoms with Crippen molar-refractivity contribution < 1.29 is 14.3 Å². The minimum atomic E-state index is -0.268. The number of unbranched alkanes of at least 4 members (excludes halogenated alkanes) is 13. The van der Waals surface area contributed by atoms with Crippen LogP contribution in [0.2, 0.25) is 0 Å². The van der Waals surface area contributed by atoms with Crippen LogP contribution in [0.3, 0.4) is 0 Å². The van der Waals surface area contributed by atoms with Crippen molar-refractivity contribution in [2.45, 2.75) is 187 Å². The number of hydrogen-bond donors (Lipinski definition) is 0. The molecule has 5 aliphatic rings. The number of benzene rings is 1. The van der Waals surface area contributed by atoms with Crippen LogP contribution in [0.15, 0.2) is 17.8 Å². The van der Waals surface area contributed by atoms with Crippen molar-refractivity contribution in [2.75, 3.05) is 32.7 Å². The first kappa shape index (κ1) is 44.0. The average Bonchev–Trinajstić information content (AvgIpc) is 3.39. The highest BCUT2D eigenvalue weighted by Gasteiger charge is 2.50. The van der Waals surface area contributed by atoms with Crippen LogP contribution in [0.1, 0.15) is 186 Å². The zero-order chi connectivity index (χ0) is 34.3. The van der Waals surface area contributed by atoms with E-state index in [2.05, 4.69) is 42.7 Å². The smallest absolute Gasteiger partial charge is 0.325 e. The number of ether oxygens (including phenoxy) is 2. The summed E-state index contributed by atoms with van der Waals surface area (Å²) in [7, 11) is 0. The molecule has 51 heavy (non-hydrogen) atoms. The number of allylic oxidation sites excluding steroid dienone is 1. The van der Waals surface area contributed by atoms with Gasteiger partial charge in [0.2, 0.25) is 0 Å². The molecule has 0 N–H and O–H groups in total. The number of carbonyl (C=O) groups excluding carboxylic acids is 1. The predicted octanol–water partition coefficient (Wildman–Crippen LogP) is 12.5. The Bertz CT molecular complexity index is 1180. The lowest BCUT2D eigenvalue weighted by molar-refractivity contribution is -0.135. The molecule has 0 unspecified atom stereocenters. The van der Waals surface area contributed by atoms with Crippen LogP contribution in [0.4, 0.5) is 0 Å². The van der Waals surface area contributed by atoms with Crippen LogP contribution < -0.4 is 9.47 Å². The molecule has 6 rings (SSSR count). The van der Waals surface area contributed by atoms with E-state index in [1.54, 1.807) is 0 Å². The van der Waals surface area contributed by atoms with Gasteiger partial charge in [0.05, 0.1) is 17.8 Å². The second-order valence-corrected chi connectivity index (χ2v) is 16.1. The molecule has 1 aromatic rings. The minimum Gasteiger partial charge on any atom is -0.480 e. The highest BCUT2D eigenvalue weighted by atomic mass is 35.5. The number of likely N-dealkylation sites (tertiary alicyclic amines) is 1. The Morgan fingerprint density at radius 1 is 0.725 bits per heavy atom. The molecule has 7 heteroatoms.